The minimum atomic E-state index is -0.778. The molecule has 2 aliphatic carbocycles. The van der Waals surface area contributed by atoms with Crippen molar-refractivity contribution >= 4 is 35.0 Å². The summed E-state index contributed by atoms with van der Waals surface area (Å²) in [5.41, 5.74) is 6.26. The van der Waals surface area contributed by atoms with Gasteiger partial charge in [-0.05, 0) is 73.6 Å². The quantitative estimate of drug-likeness (QED) is 0.118. The number of thiazole rings is 1. The van der Waals surface area contributed by atoms with E-state index in [0.29, 0.717) is 31.2 Å². The fraction of sp³-hybridized carbons (Fsp3) is 0.327. The molecule has 2 saturated carbocycles. The molecule has 2 N–H and O–H groups in total. The van der Waals surface area contributed by atoms with Gasteiger partial charge in [0, 0.05) is 41.4 Å². The Labute approximate surface area is 363 Å². The Morgan fingerprint density at radius 1 is 0.581 bits per heavy atom. The van der Waals surface area contributed by atoms with E-state index in [2.05, 4.69) is 45.4 Å². The average molecular weight is 846 g/mol. The third-order valence-corrected chi connectivity index (χ3v) is 13.4. The van der Waals surface area contributed by atoms with Gasteiger partial charge in [-0.15, -0.1) is 11.3 Å². The van der Waals surface area contributed by atoms with E-state index in [1.165, 1.54) is 0 Å². The van der Waals surface area contributed by atoms with Gasteiger partial charge < -0.3 is 25.0 Å². The summed E-state index contributed by atoms with van der Waals surface area (Å²) in [7, 11) is 0. The van der Waals surface area contributed by atoms with Crippen LogP contribution in [0, 0.1) is 11.8 Å². The molecule has 0 radical (unpaired) electrons. The summed E-state index contributed by atoms with van der Waals surface area (Å²) in [6, 6.07) is 33.2. The summed E-state index contributed by atoms with van der Waals surface area (Å²) >= 11 is 1.57. The SMILES string of the molecule is O=C(N[C@@H](C(=O)N1CCC[C@H]1c1nc(-c2ccc(-c3ccc(-c4csc([C@@H]5CCCN5C(=O)[C@H](NC(=O)C5CC5)c5ccccc5)n4)cc3)cc2)no1)c1ccccc1)C1CC1. The Morgan fingerprint density at radius 2 is 1.06 bits per heavy atom. The van der Waals surface area contributed by atoms with Crippen LogP contribution in [0.1, 0.15) is 97.6 Å². The summed E-state index contributed by atoms with van der Waals surface area (Å²) in [6.45, 7) is 1.17. The molecular weight excluding hydrogens is 799 g/mol. The van der Waals surface area contributed by atoms with Crippen LogP contribution in [0.4, 0.5) is 0 Å². The van der Waals surface area contributed by atoms with Crippen molar-refractivity contribution in [2.75, 3.05) is 13.1 Å². The number of hydrogen-bond acceptors (Lipinski definition) is 9. The second-order valence-electron chi connectivity index (χ2n) is 16.8. The second kappa shape index (κ2) is 17.1. The molecule has 2 saturated heterocycles. The molecule has 4 amide bonds. The first-order valence-electron chi connectivity index (χ1n) is 21.7. The summed E-state index contributed by atoms with van der Waals surface area (Å²) in [4.78, 5) is 67.3. The zero-order chi connectivity index (χ0) is 42.2. The highest BCUT2D eigenvalue weighted by Crippen LogP contribution is 2.39. The van der Waals surface area contributed by atoms with Gasteiger partial charge in [-0.1, -0.05) is 114 Å². The second-order valence-corrected chi connectivity index (χ2v) is 17.7. The first-order chi connectivity index (χ1) is 30.4. The van der Waals surface area contributed by atoms with Gasteiger partial charge in [0.1, 0.15) is 23.1 Å². The molecule has 0 bridgehead atoms. The Hall–Kier alpha value is -6.47. The van der Waals surface area contributed by atoms with Crippen LogP contribution in [-0.2, 0) is 19.2 Å². The number of nitrogens with one attached hydrogen (secondary N) is 2. The molecule has 4 atom stereocenters. The van der Waals surface area contributed by atoms with Crippen molar-refractivity contribution < 1.29 is 23.7 Å². The van der Waals surface area contributed by atoms with Gasteiger partial charge in [-0.25, -0.2) is 4.98 Å². The van der Waals surface area contributed by atoms with Crippen LogP contribution in [-0.4, -0.2) is 61.6 Å². The van der Waals surface area contributed by atoms with Crippen LogP contribution in [0.2, 0.25) is 0 Å². The molecule has 12 nitrogen and oxygen atoms in total. The molecule has 4 aromatic carbocycles. The summed E-state index contributed by atoms with van der Waals surface area (Å²) in [5.74, 6) is 0.430. The zero-order valence-electron chi connectivity index (χ0n) is 34.2. The minimum Gasteiger partial charge on any atom is -0.340 e. The van der Waals surface area contributed by atoms with Crippen molar-refractivity contribution in [3.63, 3.8) is 0 Å². The van der Waals surface area contributed by atoms with Crippen LogP contribution in [0.3, 0.4) is 0 Å². The Morgan fingerprint density at radius 3 is 1.60 bits per heavy atom. The molecule has 4 aliphatic rings. The van der Waals surface area contributed by atoms with Crippen LogP contribution < -0.4 is 10.6 Å². The molecule has 13 heteroatoms. The lowest BCUT2D eigenvalue weighted by molar-refractivity contribution is -0.138. The van der Waals surface area contributed by atoms with Gasteiger partial charge in [0.2, 0.25) is 35.3 Å². The van der Waals surface area contributed by atoms with E-state index < -0.39 is 12.1 Å². The van der Waals surface area contributed by atoms with Crippen molar-refractivity contribution in [2.24, 2.45) is 11.8 Å². The fourth-order valence-corrected chi connectivity index (χ4v) is 9.66. The monoisotopic (exact) mass is 845 g/mol. The normalized spacial score (nSPS) is 19.5. The van der Waals surface area contributed by atoms with Crippen LogP contribution in [0.25, 0.3) is 33.8 Å². The number of likely N-dealkylation sites (tertiary alicyclic amines) is 2. The molecule has 314 valence electrons. The van der Waals surface area contributed by atoms with Gasteiger partial charge in [0.05, 0.1) is 11.7 Å². The van der Waals surface area contributed by atoms with Crippen LogP contribution >= 0.6 is 11.3 Å². The number of nitrogens with zero attached hydrogens (tertiary/aromatic N) is 5. The minimum absolute atomic E-state index is 0.00430. The van der Waals surface area contributed by atoms with Crippen molar-refractivity contribution in [1.29, 1.82) is 0 Å². The van der Waals surface area contributed by atoms with Gasteiger partial charge in [0.15, 0.2) is 0 Å². The molecule has 4 fully saturated rings. The number of hydrogen-bond donors (Lipinski definition) is 2. The third-order valence-electron chi connectivity index (χ3n) is 12.5. The molecule has 62 heavy (non-hydrogen) atoms. The fourth-order valence-electron chi connectivity index (χ4n) is 8.69. The average Bonchev–Trinajstić information content (AvgIpc) is 4.07. The number of carbonyl (C=O) groups excluding carboxylic acids is 4. The molecule has 6 aromatic rings. The van der Waals surface area contributed by atoms with E-state index >= 15 is 0 Å². The van der Waals surface area contributed by atoms with Crippen LogP contribution in [0.15, 0.2) is 119 Å². The molecule has 0 spiro atoms. The molecule has 2 aromatic heterocycles. The number of amides is 4. The van der Waals surface area contributed by atoms with Crippen molar-refractivity contribution in [2.45, 2.75) is 75.5 Å². The lowest BCUT2D eigenvalue weighted by Crippen LogP contribution is -2.43. The van der Waals surface area contributed by atoms with Gasteiger partial charge in [0.25, 0.3) is 0 Å². The maximum Gasteiger partial charge on any atom is 0.250 e. The molecular formula is C49H47N7O5S. The highest BCUT2D eigenvalue weighted by molar-refractivity contribution is 7.10. The summed E-state index contributed by atoms with van der Waals surface area (Å²) in [6.07, 6.45) is 6.65. The lowest BCUT2D eigenvalue weighted by Gasteiger charge is -2.28. The van der Waals surface area contributed by atoms with Crippen LogP contribution in [0.5, 0.6) is 0 Å². The maximum absolute atomic E-state index is 14.1. The van der Waals surface area contributed by atoms with Crippen molar-refractivity contribution in [3.8, 4) is 33.8 Å². The summed E-state index contributed by atoms with van der Waals surface area (Å²) in [5, 5.41) is 13.3. The zero-order valence-corrected chi connectivity index (χ0v) is 35.0. The predicted octanol–water partition coefficient (Wildman–Crippen LogP) is 8.39. The van der Waals surface area contributed by atoms with Gasteiger partial charge in [-0.3, -0.25) is 19.2 Å². The smallest absolute Gasteiger partial charge is 0.250 e. The van der Waals surface area contributed by atoms with E-state index in [4.69, 9.17) is 14.5 Å². The number of carbonyl (C=O) groups is 4. The number of rotatable bonds is 13. The number of aromatic nitrogens is 3. The highest BCUT2D eigenvalue weighted by atomic mass is 32.1. The first kappa shape index (κ1) is 39.7. The predicted molar refractivity (Wildman–Crippen MR) is 234 cm³/mol. The van der Waals surface area contributed by atoms with Gasteiger partial charge in [-0.2, -0.15) is 4.98 Å². The Balaban J connectivity index is 0.797. The van der Waals surface area contributed by atoms with Gasteiger partial charge >= 0.3 is 0 Å². The Kier molecular flexibility index (Phi) is 11.0. The summed E-state index contributed by atoms with van der Waals surface area (Å²) < 4.78 is 5.79. The standard InChI is InChI=1S/C49H47N7O5S/c57-44(36-23-24-36)51-41(33-9-3-1-4-10-33)48(59)55-27-7-13-39(55)46-53-43(54-61-46)35-21-17-31(18-22-35)30-15-19-32(20-16-30)38-29-62-47(50-38)40-14-8-28-56(40)49(60)42(34-11-5-2-6-12-34)52-45(58)37-25-26-37/h1-6,9-12,15-22,29,36-37,39-42H,7-8,13-14,23-28H2,(H,51,57)(H,52,58)/t39-,40-,41+,42+/m0/s1. The van der Waals surface area contributed by atoms with E-state index in [9.17, 15) is 19.2 Å². The highest BCUT2D eigenvalue weighted by Gasteiger charge is 2.41. The van der Waals surface area contributed by atoms with E-state index in [1.807, 2.05) is 89.8 Å². The lowest BCUT2D eigenvalue weighted by atomic mass is 10.0. The maximum atomic E-state index is 14.1. The first-order valence-corrected chi connectivity index (χ1v) is 22.6. The van der Waals surface area contributed by atoms with Crippen molar-refractivity contribution in [3.05, 3.63) is 137 Å². The van der Waals surface area contributed by atoms with Crippen molar-refractivity contribution in [1.82, 2.24) is 35.6 Å². The largest absolute Gasteiger partial charge is 0.340 e. The molecule has 0 unspecified atom stereocenters. The molecule has 2 aliphatic heterocycles. The van der Waals surface area contributed by atoms with E-state index in [-0.39, 0.29) is 47.5 Å². The Bertz CT molecular complexity index is 2390. The molecule has 10 rings (SSSR count). The number of benzene rings is 4. The third kappa shape index (κ3) is 8.28. The van der Waals surface area contributed by atoms with E-state index in [1.54, 1.807) is 16.2 Å². The topological polar surface area (TPSA) is 151 Å². The molecule has 4 heterocycles. The van der Waals surface area contributed by atoms with E-state index in [0.717, 1.165) is 89.0 Å².